The van der Waals surface area contributed by atoms with Crippen molar-refractivity contribution >= 4 is 17.8 Å². The molecule has 2 heterocycles. The van der Waals surface area contributed by atoms with E-state index in [0.29, 0.717) is 0 Å². The molecule has 2 fully saturated rings. The number of ether oxygens (including phenoxy) is 4. The van der Waals surface area contributed by atoms with E-state index in [2.05, 4.69) is 10.6 Å². The van der Waals surface area contributed by atoms with E-state index in [1.54, 1.807) is 0 Å². The highest BCUT2D eigenvalue weighted by atomic mass is 16.7. The van der Waals surface area contributed by atoms with Gasteiger partial charge in [0, 0.05) is 32.9 Å². The quantitative estimate of drug-likeness (QED) is 0.683. The Kier molecular flexibility index (Phi) is 6.83. The fourth-order valence-electron chi connectivity index (χ4n) is 3.63. The summed E-state index contributed by atoms with van der Waals surface area (Å²) in [6.07, 6.45) is -3.24. The Morgan fingerprint density at radius 2 is 1.79 bits per heavy atom. The number of amides is 2. The Morgan fingerprint density at radius 3 is 2.41 bits per heavy atom. The summed E-state index contributed by atoms with van der Waals surface area (Å²) in [5.41, 5.74) is 0.830. The summed E-state index contributed by atoms with van der Waals surface area (Å²) >= 11 is 0. The highest BCUT2D eigenvalue weighted by molar-refractivity contribution is 5.74. The Balaban J connectivity index is 1.86. The maximum atomic E-state index is 11.9. The smallest absolute Gasteiger partial charge is 0.303 e. The fraction of sp³-hybridized carbons (Fsp3) is 0.550. The Hall–Kier alpha value is -2.49. The second-order valence-electron chi connectivity index (χ2n) is 7.13. The average molecular weight is 406 g/mol. The molecule has 2 saturated heterocycles. The molecule has 0 aromatic heterocycles. The average Bonchev–Trinajstić information content (AvgIpc) is 2.68. The molecule has 158 valence electrons. The molecular formula is C20H26N2O7. The van der Waals surface area contributed by atoms with Crippen molar-refractivity contribution in [1.82, 2.24) is 10.6 Å². The first-order valence-electron chi connectivity index (χ1n) is 9.51. The molecule has 0 aliphatic carbocycles. The predicted molar refractivity (Wildman–Crippen MR) is 101 cm³/mol. The minimum Gasteiger partial charge on any atom is -0.457 e. The number of nitrogens with one attached hydrogen (secondary N) is 2. The van der Waals surface area contributed by atoms with Gasteiger partial charge in [0.2, 0.25) is 11.8 Å². The number of carbonyl (C=O) groups excluding carboxylic acids is 3. The third kappa shape index (κ3) is 5.31. The van der Waals surface area contributed by atoms with E-state index in [1.807, 2.05) is 30.3 Å². The van der Waals surface area contributed by atoms with Crippen LogP contribution in [0.25, 0.3) is 0 Å². The van der Waals surface area contributed by atoms with Gasteiger partial charge in [-0.2, -0.15) is 0 Å². The van der Waals surface area contributed by atoms with Crippen molar-refractivity contribution in [3.8, 4) is 0 Å². The summed E-state index contributed by atoms with van der Waals surface area (Å²) in [4.78, 5) is 35.0. The molecule has 2 N–H and O–H groups in total. The third-order valence-electron chi connectivity index (χ3n) is 4.78. The van der Waals surface area contributed by atoms with Gasteiger partial charge in [-0.25, -0.2) is 0 Å². The number of hydrogen-bond donors (Lipinski definition) is 2. The number of benzene rings is 1. The van der Waals surface area contributed by atoms with Crippen LogP contribution < -0.4 is 10.6 Å². The molecule has 3 rings (SSSR count). The van der Waals surface area contributed by atoms with Crippen molar-refractivity contribution in [2.45, 2.75) is 57.5 Å². The molecule has 1 aromatic carbocycles. The molecule has 2 aliphatic rings. The van der Waals surface area contributed by atoms with Crippen LogP contribution in [0.15, 0.2) is 30.3 Å². The van der Waals surface area contributed by atoms with E-state index < -0.39 is 42.7 Å². The van der Waals surface area contributed by atoms with Crippen LogP contribution in [0.5, 0.6) is 0 Å². The van der Waals surface area contributed by atoms with Crippen LogP contribution in [0.2, 0.25) is 0 Å². The van der Waals surface area contributed by atoms with Crippen molar-refractivity contribution in [1.29, 1.82) is 0 Å². The molecular weight excluding hydrogens is 380 g/mol. The van der Waals surface area contributed by atoms with Crippen LogP contribution in [-0.4, -0.2) is 61.4 Å². The lowest BCUT2D eigenvalue weighted by Gasteiger charge is -2.49. The number of esters is 1. The van der Waals surface area contributed by atoms with Gasteiger partial charge in [-0.1, -0.05) is 30.3 Å². The summed E-state index contributed by atoms with van der Waals surface area (Å²) in [5, 5.41) is 5.51. The zero-order valence-corrected chi connectivity index (χ0v) is 16.6. The van der Waals surface area contributed by atoms with Crippen LogP contribution >= 0.6 is 0 Å². The first-order valence-corrected chi connectivity index (χ1v) is 9.51. The summed E-state index contributed by atoms with van der Waals surface area (Å²) in [6, 6.07) is 8.74. The van der Waals surface area contributed by atoms with Crippen molar-refractivity contribution in [2.75, 3.05) is 13.2 Å². The van der Waals surface area contributed by atoms with Gasteiger partial charge in [0.15, 0.2) is 12.4 Å². The predicted octanol–water partition coefficient (Wildman–Crippen LogP) is 0.441. The van der Waals surface area contributed by atoms with E-state index in [0.717, 1.165) is 5.56 Å². The van der Waals surface area contributed by atoms with Gasteiger partial charge >= 0.3 is 5.97 Å². The zero-order chi connectivity index (χ0) is 21.0. The number of carbonyl (C=O) groups is 3. The molecule has 2 aliphatic heterocycles. The molecule has 29 heavy (non-hydrogen) atoms. The highest BCUT2D eigenvalue weighted by Gasteiger charge is 2.51. The minimum atomic E-state index is -0.834. The van der Waals surface area contributed by atoms with Crippen molar-refractivity contribution < 1.29 is 33.3 Å². The van der Waals surface area contributed by atoms with Gasteiger partial charge in [0.25, 0.3) is 0 Å². The van der Waals surface area contributed by atoms with Crippen molar-refractivity contribution in [3.63, 3.8) is 0 Å². The van der Waals surface area contributed by atoms with Crippen LogP contribution in [0.4, 0.5) is 0 Å². The van der Waals surface area contributed by atoms with Crippen LogP contribution in [0.3, 0.4) is 0 Å². The Bertz CT molecular complexity index is 742. The van der Waals surface area contributed by atoms with Gasteiger partial charge in [0.05, 0.1) is 12.6 Å². The van der Waals surface area contributed by atoms with Gasteiger partial charge in [-0.15, -0.1) is 0 Å². The monoisotopic (exact) mass is 406 g/mol. The molecule has 9 nitrogen and oxygen atoms in total. The fourth-order valence-corrected chi connectivity index (χ4v) is 3.63. The van der Waals surface area contributed by atoms with Gasteiger partial charge in [-0.3, -0.25) is 14.4 Å². The molecule has 0 spiro atoms. The largest absolute Gasteiger partial charge is 0.457 e. The molecule has 1 unspecified atom stereocenters. The lowest BCUT2D eigenvalue weighted by atomic mass is 9.91. The first-order chi connectivity index (χ1) is 13.8. The Morgan fingerprint density at radius 1 is 1.07 bits per heavy atom. The number of hydrogen-bond acceptors (Lipinski definition) is 7. The van der Waals surface area contributed by atoms with Crippen molar-refractivity contribution in [2.24, 2.45) is 0 Å². The highest BCUT2D eigenvalue weighted by Crippen LogP contribution is 2.35. The SMILES string of the molecule is CC(=O)NC[C@@H]1O[C@@H]2COC(c3ccccc3)O[C@H]2[C@@H](NC(C)=O)[C@@H]1OC(C)=O. The third-order valence-corrected chi connectivity index (χ3v) is 4.78. The molecule has 1 aromatic rings. The second kappa shape index (κ2) is 9.34. The molecule has 2 amide bonds. The zero-order valence-electron chi connectivity index (χ0n) is 16.6. The van der Waals surface area contributed by atoms with Gasteiger partial charge < -0.3 is 29.6 Å². The normalized spacial score (nSPS) is 31.3. The van der Waals surface area contributed by atoms with E-state index in [9.17, 15) is 14.4 Å². The van der Waals surface area contributed by atoms with E-state index in [-0.39, 0.29) is 25.0 Å². The van der Waals surface area contributed by atoms with Crippen LogP contribution in [-0.2, 0) is 33.3 Å². The summed E-state index contributed by atoms with van der Waals surface area (Å²) in [7, 11) is 0. The standard InChI is InChI=1S/C20H26N2O7/c1-11(23)21-9-15-18(27-13(3)25)17(22-12(2)24)19-16(28-15)10-26-20(29-19)14-7-5-4-6-8-14/h4-8,15-20H,9-10H2,1-3H3,(H,21,23)(H,22,24)/t15-,16+,17-,18+,19+,20?/m0/s1. The van der Waals surface area contributed by atoms with Gasteiger partial charge in [-0.05, 0) is 0 Å². The number of fused-ring (bicyclic) bond motifs is 1. The van der Waals surface area contributed by atoms with Gasteiger partial charge in [0.1, 0.15) is 18.3 Å². The maximum absolute atomic E-state index is 11.9. The van der Waals surface area contributed by atoms with E-state index in [1.165, 1.54) is 20.8 Å². The Labute approximate surface area is 169 Å². The lowest BCUT2D eigenvalue weighted by molar-refractivity contribution is -0.309. The molecule has 0 radical (unpaired) electrons. The molecule has 0 bridgehead atoms. The first kappa shape index (κ1) is 21.2. The van der Waals surface area contributed by atoms with Crippen LogP contribution in [0, 0.1) is 0 Å². The molecule has 0 saturated carbocycles. The second-order valence-corrected chi connectivity index (χ2v) is 7.13. The van der Waals surface area contributed by atoms with Crippen LogP contribution in [0.1, 0.15) is 32.6 Å². The summed E-state index contributed by atoms with van der Waals surface area (Å²) in [5.74, 6) is -1.06. The topological polar surface area (TPSA) is 112 Å². The summed E-state index contributed by atoms with van der Waals surface area (Å²) < 4.78 is 23.5. The summed E-state index contributed by atoms with van der Waals surface area (Å²) in [6.45, 7) is 4.39. The van der Waals surface area contributed by atoms with Crippen molar-refractivity contribution in [3.05, 3.63) is 35.9 Å². The molecule has 6 atom stereocenters. The molecule has 9 heteroatoms. The van der Waals surface area contributed by atoms with E-state index in [4.69, 9.17) is 18.9 Å². The maximum Gasteiger partial charge on any atom is 0.303 e. The lowest BCUT2D eigenvalue weighted by Crippen LogP contribution is -2.68. The number of rotatable bonds is 5. The van der Waals surface area contributed by atoms with E-state index >= 15 is 0 Å². The minimum absolute atomic E-state index is 0.120.